The number of amides is 1. The lowest BCUT2D eigenvalue weighted by molar-refractivity contribution is -0.122. The van der Waals surface area contributed by atoms with Crippen LogP contribution in [0.4, 0.5) is 0 Å². The molecule has 0 saturated carbocycles. The molecule has 0 heterocycles. The first-order chi connectivity index (χ1) is 7.00. The fraction of sp³-hybridized carbons (Fsp3) is 0.364. The summed E-state index contributed by atoms with van der Waals surface area (Å²) in [6, 6.07) is 7.29. The molecule has 0 fully saturated rings. The van der Waals surface area contributed by atoms with Crippen molar-refractivity contribution in [2.24, 2.45) is 5.73 Å². The van der Waals surface area contributed by atoms with E-state index in [-0.39, 0.29) is 11.9 Å². The molecule has 1 unspecified atom stereocenters. The molecule has 0 aliphatic carbocycles. The van der Waals surface area contributed by atoms with Crippen molar-refractivity contribution in [3.05, 3.63) is 34.9 Å². The lowest BCUT2D eigenvalue weighted by Gasteiger charge is -2.21. The molecule has 0 aliphatic rings. The van der Waals surface area contributed by atoms with Gasteiger partial charge in [-0.05, 0) is 31.7 Å². The highest BCUT2D eigenvalue weighted by molar-refractivity contribution is 6.30. The predicted molar refractivity (Wildman–Crippen MR) is 61.6 cm³/mol. The Morgan fingerprint density at radius 2 is 2.27 bits per heavy atom. The van der Waals surface area contributed by atoms with Crippen molar-refractivity contribution in [3.8, 4) is 0 Å². The minimum absolute atomic E-state index is 0.274. The Bertz CT molecular complexity index is 354. The third-order valence-corrected chi connectivity index (χ3v) is 2.63. The van der Waals surface area contributed by atoms with Gasteiger partial charge >= 0.3 is 0 Å². The average Bonchev–Trinajstić information content (AvgIpc) is 2.16. The van der Waals surface area contributed by atoms with E-state index in [9.17, 15) is 4.79 Å². The van der Waals surface area contributed by atoms with Crippen LogP contribution in [0.2, 0.25) is 5.02 Å². The minimum Gasteiger partial charge on any atom is -0.368 e. The van der Waals surface area contributed by atoms with E-state index in [0.29, 0.717) is 11.6 Å². The van der Waals surface area contributed by atoms with Crippen LogP contribution in [-0.4, -0.2) is 23.9 Å². The smallest absolute Gasteiger partial charge is 0.234 e. The number of likely N-dealkylation sites (N-methyl/N-ethyl adjacent to an activating group) is 1. The summed E-state index contributed by atoms with van der Waals surface area (Å²) in [5.41, 5.74) is 6.28. The van der Waals surface area contributed by atoms with Crippen molar-refractivity contribution in [2.75, 3.05) is 7.05 Å². The van der Waals surface area contributed by atoms with Crippen LogP contribution < -0.4 is 5.73 Å². The summed E-state index contributed by atoms with van der Waals surface area (Å²) < 4.78 is 0. The molecule has 15 heavy (non-hydrogen) atoms. The second-order valence-corrected chi connectivity index (χ2v) is 4.06. The summed E-state index contributed by atoms with van der Waals surface area (Å²) in [6.45, 7) is 2.44. The van der Waals surface area contributed by atoms with Gasteiger partial charge in [0.15, 0.2) is 0 Å². The first-order valence-electron chi connectivity index (χ1n) is 4.74. The molecule has 1 atom stereocenters. The van der Waals surface area contributed by atoms with Crippen molar-refractivity contribution in [1.82, 2.24) is 4.90 Å². The maximum atomic E-state index is 11.0. The van der Waals surface area contributed by atoms with Gasteiger partial charge in [-0.25, -0.2) is 0 Å². The summed E-state index contributed by atoms with van der Waals surface area (Å²) in [5.74, 6) is -0.320. The molecule has 0 bridgehead atoms. The number of hydrogen-bond acceptors (Lipinski definition) is 2. The van der Waals surface area contributed by atoms with Crippen LogP contribution >= 0.6 is 11.6 Å². The highest BCUT2D eigenvalue weighted by Gasteiger charge is 2.14. The SMILES string of the molecule is CC(C(N)=O)N(C)Cc1cccc(Cl)c1. The van der Waals surface area contributed by atoms with E-state index < -0.39 is 0 Å². The number of rotatable bonds is 4. The Hall–Kier alpha value is -1.06. The van der Waals surface area contributed by atoms with E-state index in [2.05, 4.69) is 0 Å². The van der Waals surface area contributed by atoms with Gasteiger partial charge in [-0.1, -0.05) is 23.7 Å². The number of primary amides is 1. The maximum Gasteiger partial charge on any atom is 0.234 e. The van der Waals surface area contributed by atoms with E-state index >= 15 is 0 Å². The third kappa shape index (κ3) is 3.53. The molecule has 1 aromatic rings. The summed E-state index contributed by atoms with van der Waals surface area (Å²) in [6.07, 6.45) is 0. The Kier molecular flexibility index (Phi) is 4.12. The van der Waals surface area contributed by atoms with Gasteiger partial charge < -0.3 is 5.73 Å². The summed E-state index contributed by atoms with van der Waals surface area (Å²) in [5, 5.41) is 0.702. The fourth-order valence-corrected chi connectivity index (χ4v) is 1.49. The van der Waals surface area contributed by atoms with Crippen LogP contribution in [0.1, 0.15) is 12.5 Å². The van der Waals surface area contributed by atoms with Gasteiger partial charge in [-0.2, -0.15) is 0 Å². The van der Waals surface area contributed by atoms with Crippen molar-refractivity contribution in [1.29, 1.82) is 0 Å². The highest BCUT2D eigenvalue weighted by Crippen LogP contribution is 2.12. The number of hydrogen-bond donors (Lipinski definition) is 1. The molecular weight excluding hydrogens is 212 g/mol. The van der Waals surface area contributed by atoms with Crippen LogP contribution in [0, 0.1) is 0 Å². The quantitative estimate of drug-likeness (QED) is 0.849. The summed E-state index contributed by atoms with van der Waals surface area (Å²) in [7, 11) is 1.86. The molecule has 1 rings (SSSR count). The zero-order chi connectivity index (χ0) is 11.4. The predicted octanol–water partition coefficient (Wildman–Crippen LogP) is 1.65. The topological polar surface area (TPSA) is 46.3 Å². The number of benzene rings is 1. The molecule has 1 amide bonds. The van der Waals surface area contributed by atoms with Crippen LogP contribution in [0.5, 0.6) is 0 Å². The first kappa shape index (κ1) is 12.0. The van der Waals surface area contributed by atoms with E-state index in [1.165, 1.54) is 0 Å². The van der Waals surface area contributed by atoms with Gasteiger partial charge in [-0.3, -0.25) is 9.69 Å². The second kappa shape index (κ2) is 5.14. The molecule has 1 aromatic carbocycles. The molecule has 0 spiro atoms. The van der Waals surface area contributed by atoms with Crippen LogP contribution in [-0.2, 0) is 11.3 Å². The number of nitrogens with two attached hydrogens (primary N) is 1. The average molecular weight is 227 g/mol. The van der Waals surface area contributed by atoms with E-state index in [4.69, 9.17) is 17.3 Å². The molecule has 0 saturated heterocycles. The lowest BCUT2D eigenvalue weighted by atomic mass is 10.2. The first-order valence-corrected chi connectivity index (χ1v) is 5.12. The highest BCUT2D eigenvalue weighted by atomic mass is 35.5. The van der Waals surface area contributed by atoms with Gasteiger partial charge in [0.1, 0.15) is 0 Å². The van der Waals surface area contributed by atoms with E-state index in [1.54, 1.807) is 6.92 Å². The van der Waals surface area contributed by atoms with E-state index in [1.807, 2.05) is 36.2 Å². The van der Waals surface area contributed by atoms with E-state index in [0.717, 1.165) is 5.56 Å². The molecule has 0 radical (unpaired) electrons. The van der Waals surface area contributed by atoms with Crippen molar-refractivity contribution in [2.45, 2.75) is 19.5 Å². The van der Waals surface area contributed by atoms with Crippen LogP contribution in [0.25, 0.3) is 0 Å². The zero-order valence-electron chi connectivity index (χ0n) is 8.90. The Balaban J connectivity index is 2.66. The van der Waals surface area contributed by atoms with Gasteiger partial charge in [0.2, 0.25) is 5.91 Å². The van der Waals surface area contributed by atoms with Crippen molar-refractivity contribution >= 4 is 17.5 Å². The third-order valence-electron chi connectivity index (χ3n) is 2.39. The summed E-state index contributed by atoms with van der Waals surface area (Å²) >= 11 is 5.86. The van der Waals surface area contributed by atoms with Gasteiger partial charge in [0, 0.05) is 11.6 Å². The molecule has 0 aliphatic heterocycles. The molecule has 3 nitrogen and oxygen atoms in total. The molecule has 4 heteroatoms. The fourth-order valence-electron chi connectivity index (χ4n) is 1.28. The van der Waals surface area contributed by atoms with Gasteiger partial charge in [0.25, 0.3) is 0 Å². The monoisotopic (exact) mass is 226 g/mol. The summed E-state index contributed by atoms with van der Waals surface area (Å²) in [4.78, 5) is 12.8. The van der Waals surface area contributed by atoms with Crippen molar-refractivity contribution < 1.29 is 4.79 Å². The second-order valence-electron chi connectivity index (χ2n) is 3.62. The van der Waals surface area contributed by atoms with Crippen LogP contribution in [0.3, 0.4) is 0 Å². The molecule has 2 N–H and O–H groups in total. The minimum atomic E-state index is -0.320. The molecule has 0 aromatic heterocycles. The van der Waals surface area contributed by atoms with Gasteiger partial charge in [0.05, 0.1) is 6.04 Å². The van der Waals surface area contributed by atoms with Gasteiger partial charge in [-0.15, -0.1) is 0 Å². The largest absolute Gasteiger partial charge is 0.368 e. The van der Waals surface area contributed by atoms with Crippen molar-refractivity contribution in [3.63, 3.8) is 0 Å². The molecule has 82 valence electrons. The number of carbonyl (C=O) groups excluding carboxylic acids is 1. The number of nitrogens with zero attached hydrogens (tertiary/aromatic N) is 1. The Labute approximate surface area is 94.8 Å². The Morgan fingerprint density at radius 1 is 1.60 bits per heavy atom. The number of halogens is 1. The normalized spacial score (nSPS) is 12.8. The standard InChI is InChI=1S/C11H15ClN2O/c1-8(11(13)15)14(2)7-9-4-3-5-10(12)6-9/h3-6,8H,7H2,1-2H3,(H2,13,15). The molecular formula is C11H15ClN2O. The van der Waals surface area contributed by atoms with Crippen LogP contribution in [0.15, 0.2) is 24.3 Å². The Morgan fingerprint density at radius 3 is 2.80 bits per heavy atom. The lowest BCUT2D eigenvalue weighted by Crippen LogP contribution is -2.39. The zero-order valence-corrected chi connectivity index (χ0v) is 9.66. The number of carbonyl (C=O) groups is 1. The maximum absolute atomic E-state index is 11.0.